The molecule has 3 fully saturated rings. The molecule has 3 aromatic rings. The van der Waals surface area contributed by atoms with Gasteiger partial charge in [0.2, 0.25) is 11.8 Å². The van der Waals surface area contributed by atoms with E-state index in [4.69, 9.17) is 0 Å². The molecule has 220 valence electrons. The highest BCUT2D eigenvalue weighted by atomic mass is 32.1. The van der Waals surface area contributed by atoms with Crippen LogP contribution in [0.15, 0.2) is 24.3 Å². The summed E-state index contributed by atoms with van der Waals surface area (Å²) < 4.78 is 0. The molecule has 0 radical (unpaired) electrons. The van der Waals surface area contributed by atoms with Crippen molar-refractivity contribution in [2.45, 2.75) is 97.1 Å². The average molecular weight is 575 g/mol. The highest BCUT2D eigenvalue weighted by molar-refractivity contribution is 7.19. The van der Waals surface area contributed by atoms with E-state index in [0.717, 1.165) is 45.4 Å². The largest absolute Gasteiger partial charge is 0.356 e. The molecule has 0 saturated carbocycles. The van der Waals surface area contributed by atoms with Crippen LogP contribution in [0, 0.1) is 19.8 Å². The van der Waals surface area contributed by atoms with Crippen LogP contribution in [0.4, 0.5) is 0 Å². The molecule has 2 amide bonds. The summed E-state index contributed by atoms with van der Waals surface area (Å²) in [6, 6.07) is 10.0. The van der Waals surface area contributed by atoms with E-state index in [0.29, 0.717) is 23.9 Å². The summed E-state index contributed by atoms with van der Waals surface area (Å²) in [4.78, 5) is 36.2. The number of benzene rings is 1. The summed E-state index contributed by atoms with van der Waals surface area (Å²) >= 11 is 1.77. The van der Waals surface area contributed by atoms with Crippen LogP contribution in [0.5, 0.6) is 0 Å². The van der Waals surface area contributed by atoms with Gasteiger partial charge >= 0.3 is 0 Å². The lowest BCUT2D eigenvalue weighted by atomic mass is 9.88. The number of piperidine rings is 1. The number of likely N-dealkylation sites (tertiary alicyclic amines) is 1. The van der Waals surface area contributed by atoms with Crippen molar-refractivity contribution in [2.75, 3.05) is 26.2 Å². The molecule has 41 heavy (non-hydrogen) atoms. The predicted octanol–water partition coefficient (Wildman–Crippen LogP) is 6.33. The fourth-order valence-corrected chi connectivity index (χ4v) is 8.79. The molecule has 3 aliphatic rings. The van der Waals surface area contributed by atoms with Crippen LogP contribution in [0.2, 0.25) is 0 Å². The Balaban J connectivity index is 1.26. The number of aromatic nitrogens is 1. The zero-order valence-electron chi connectivity index (χ0n) is 25.4. The van der Waals surface area contributed by atoms with Gasteiger partial charge in [-0.25, -0.2) is 0 Å². The fraction of sp³-hybridized carbons (Fsp3) is 0.588. The lowest BCUT2D eigenvalue weighted by Crippen LogP contribution is -2.45. The molecule has 3 aliphatic heterocycles. The van der Waals surface area contributed by atoms with Crippen LogP contribution in [0.1, 0.15) is 80.9 Å². The number of thiophene rings is 1. The second-order valence-electron chi connectivity index (χ2n) is 13.5. The van der Waals surface area contributed by atoms with Gasteiger partial charge in [-0.2, -0.15) is 0 Å². The number of carbonyl (C=O) groups excluding carboxylic acids is 2. The topological polar surface area (TPSA) is 68.4 Å². The van der Waals surface area contributed by atoms with Gasteiger partial charge in [-0.05, 0) is 121 Å². The Morgan fingerprint density at radius 1 is 0.976 bits per heavy atom. The second kappa shape index (κ2) is 11.2. The monoisotopic (exact) mass is 574 g/mol. The quantitative estimate of drug-likeness (QED) is 0.330. The first-order chi connectivity index (χ1) is 19.6. The molecule has 0 atom stereocenters. The van der Waals surface area contributed by atoms with Crippen molar-refractivity contribution >= 4 is 33.4 Å². The van der Waals surface area contributed by atoms with E-state index in [2.05, 4.69) is 72.1 Å². The molecular weight excluding hydrogens is 528 g/mol. The van der Waals surface area contributed by atoms with E-state index < -0.39 is 5.41 Å². The summed E-state index contributed by atoms with van der Waals surface area (Å²) in [6.07, 6.45) is 7.92. The maximum absolute atomic E-state index is 13.9. The Morgan fingerprint density at radius 3 is 2.22 bits per heavy atom. The fourth-order valence-electron chi connectivity index (χ4n) is 7.61. The summed E-state index contributed by atoms with van der Waals surface area (Å²) in [5, 5.41) is 4.28. The van der Waals surface area contributed by atoms with Crippen LogP contribution < -0.4 is 5.32 Å². The first-order valence-corrected chi connectivity index (χ1v) is 16.4. The van der Waals surface area contributed by atoms with Gasteiger partial charge in [-0.15, -0.1) is 11.3 Å². The molecule has 6 nitrogen and oxygen atoms in total. The minimum Gasteiger partial charge on any atom is -0.356 e. The van der Waals surface area contributed by atoms with Crippen molar-refractivity contribution in [2.24, 2.45) is 5.92 Å². The van der Waals surface area contributed by atoms with Gasteiger partial charge in [0.15, 0.2) is 0 Å². The van der Waals surface area contributed by atoms with Crippen molar-refractivity contribution < 1.29 is 9.59 Å². The third-order valence-corrected chi connectivity index (χ3v) is 11.3. The third-order valence-electron chi connectivity index (χ3n) is 9.97. The van der Waals surface area contributed by atoms with Crippen LogP contribution in [-0.4, -0.2) is 64.9 Å². The highest BCUT2D eigenvalue weighted by Gasteiger charge is 2.47. The number of rotatable bonds is 8. The molecular formula is C34H46N4O2S. The number of amides is 2. The number of fused-ring (bicyclic) bond motifs is 3. The smallest absolute Gasteiger partial charge is 0.233 e. The van der Waals surface area contributed by atoms with Crippen molar-refractivity contribution in [1.29, 1.82) is 0 Å². The minimum atomic E-state index is -0.525. The van der Waals surface area contributed by atoms with Crippen LogP contribution in [0.25, 0.3) is 21.5 Å². The molecule has 7 heteroatoms. The van der Waals surface area contributed by atoms with E-state index >= 15 is 0 Å². The minimum absolute atomic E-state index is 0.0654. The molecule has 2 aromatic heterocycles. The summed E-state index contributed by atoms with van der Waals surface area (Å²) in [7, 11) is 0. The summed E-state index contributed by atoms with van der Waals surface area (Å²) in [6.45, 7) is 14.2. The highest BCUT2D eigenvalue weighted by Crippen LogP contribution is 2.44. The number of hydrogen-bond donors (Lipinski definition) is 2. The van der Waals surface area contributed by atoms with Crippen molar-refractivity contribution in [1.82, 2.24) is 20.1 Å². The second-order valence-corrected chi connectivity index (χ2v) is 14.5. The van der Waals surface area contributed by atoms with Gasteiger partial charge in [-0.3, -0.25) is 9.59 Å². The molecule has 2 N–H and O–H groups in total. The first kappa shape index (κ1) is 28.5. The zero-order valence-corrected chi connectivity index (χ0v) is 26.3. The van der Waals surface area contributed by atoms with Crippen LogP contribution in [0.3, 0.4) is 0 Å². The Bertz CT molecular complexity index is 1400. The van der Waals surface area contributed by atoms with Crippen LogP contribution >= 0.6 is 11.3 Å². The standard InChI is InChI=1S/C34H46N4O2S/c1-21-16-22(2)18-25(17-21)31-28(12-15-37-13-10-24(11-14-37)20-35-23(3)39)29-19-30(41-32(29)36-31)34(4,5)33(40)38-26-6-7-27(38)9-8-26/h16-19,24,26-27,36H,6-15,20H2,1-5H3,(H,35,39). The Kier molecular flexibility index (Phi) is 7.79. The van der Waals surface area contributed by atoms with Gasteiger partial charge in [0.05, 0.1) is 11.1 Å². The number of nitrogens with zero attached hydrogens (tertiary/aromatic N) is 2. The maximum Gasteiger partial charge on any atom is 0.233 e. The van der Waals surface area contributed by atoms with Gasteiger partial charge in [0.25, 0.3) is 0 Å². The van der Waals surface area contributed by atoms with E-state index in [1.165, 1.54) is 68.7 Å². The van der Waals surface area contributed by atoms with E-state index in [1.807, 2.05) is 0 Å². The SMILES string of the molecule is CC(=O)NCC1CCN(CCc2c(-c3cc(C)cc(C)c3)[nH]c3sc(C(C)(C)C(=O)N4C5CCC4CC5)cc23)CC1. The maximum atomic E-state index is 13.9. The van der Waals surface area contributed by atoms with Gasteiger partial charge in [-0.1, -0.05) is 17.2 Å². The van der Waals surface area contributed by atoms with Crippen molar-refractivity contribution in [3.63, 3.8) is 0 Å². The number of carbonyl (C=O) groups is 2. The number of H-pyrrole nitrogens is 1. The molecule has 0 aliphatic carbocycles. The molecule has 6 rings (SSSR count). The van der Waals surface area contributed by atoms with E-state index in [1.54, 1.807) is 18.3 Å². The van der Waals surface area contributed by atoms with Crippen molar-refractivity contribution in [3.8, 4) is 11.3 Å². The number of aryl methyl sites for hydroxylation is 2. The zero-order chi connectivity index (χ0) is 28.9. The van der Waals surface area contributed by atoms with E-state index in [9.17, 15) is 9.59 Å². The van der Waals surface area contributed by atoms with Gasteiger partial charge in [0, 0.05) is 42.4 Å². The molecule has 5 heterocycles. The normalized spacial score (nSPS) is 21.7. The molecule has 0 unspecified atom stereocenters. The van der Waals surface area contributed by atoms with Crippen LogP contribution in [-0.2, 0) is 21.4 Å². The Morgan fingerprint density at radius 2 is 1.61 bits per heavy atom. The summed E-state index contributed by atoms with van der Waals surface area (Å²) in [5.74, 6) is 0.949. The number of hydrogen-bond acceptors (Lipinski definition) is 4. The van der Waals surface area contributed by atoms with Gasteiger partial charge < -0.3 is 20.1 Å². The lowest BCUT2D eigenvalue weighted by molar-refractivity contribution is -0.137. The first-order valence-electron chi connectivity index (χ1n) is 15.6. The third kappa shape index (κ3) is 5.60. The summed E-state index contributed by atoms with van der Waals surface area (Å²) in [5.41, 5.74) is 5.88. The van der Waals surface area contributed by atoms with Gasteiger partial charge in [0.1, 0.15) is 4.83 Å². The average Bonchev–Trinajstić information content (AvgIpc) is 3.71. The molecule has 0 spiro atoms. The number of nitrogens with one attached hydrogen (secondary N) is 2. The molecule has 1 aromatic carbocycles. The lowest BCUT2D eigenvalue weighted by Gasteiger charge is -2.32. The van der Waals surface area contributed by atoms with E-state index in [-0.39, 0.29) is 5.91 Å². The predicted molar refractivity (Wildman–Crippen MR) is 169 cm³/mol. The molecule has 2 bridgehead atoms. The van der Waals surface area contributed by atoms with Crippen molar-refractivity contribution in [3.05, 3.63) is 45.8 Å². The Hall–Kier alpha value is -2.64. The molecule has 3 saturated heterocycles. The Labute approximate surface area is 248 Å². The number of aromatic amines is 1.